The van der Waals surface area contributed by atoms with Crippen LogP contribution in [0.5, 0.6) is 5.75 Å². The molecule has 0 spiro atoms. The van der Waals surface area contributed by atoms with Crippen LogP contribution in [0.15, 0.2) is 52.0 Å². The van der Waals surface area contributed by atoms with E-state index in [-0.39, 0.29) is 12.3 Å². The number of para-hydroxylation sites is 1. The summed E-state index contributed by atoms with van der Waals surface area (Å²) in [4.78, 5) is 35.4. The molecule has 3 amide bonds. The fourth-order valence-electron chi connectivity index (χ4n) is 2.31. The van der Waals surface area contributed by atoms with Crippen molar-refractivity contribution in [2.45, 2.75) is 19.8 Å². The van der Waals surface area contributed by atoms with Crippen LogP contribution in [-0.4, -0.2) is 37.1 Å². The van der Waals surface area contributed by atoms with Gasteiger partial charge in [0, 0.05) is 16.6 Å². The molecule has 0 saturated carbocycles. The minimum Gasteiger partial charge on any atom is -0.483 e. The van der Waals surface area contributed by atoms with Gasteiger partial charge in [-0.2, -0.15) is 5.10 Å². The van der Waals surface area contributed by atoms with Crippen LogP contribution in [0.2, 0.25) is 0 Å². The highest BCUT2D eigenvalue weighted by Gasteiger charge is 2.12. The Morgan fingerprint density at radius 1 is 1.16 bits per heavy atom. The summed E-state index contributed by atoms with van der Waals surface area (Å²) in [7, 11) is 0. The van der Waals surface area contributed by atoms with E-state index in [1.54, 1.807) is 30.3 Å². The predicted octanol–water partition coefficient (Wildman–Crippen LogP) is 2.97. The first-order chi connectivity index (χ1) is 14.9. The molecule has 0 unspecified atom stereocenters. The van der Waals surface area contributed by atoms with Gasteiger partial charge in [0.1, 0.15) is 11.6 Å². The fraction of sp³-hybridized carbons (Fsp3) is 0.238. The van der Waals surface area contributed by atoms with Crippen LogP contribution < -0.4 is 20.8 Å². The Morgan fingerprint density at radius 3 is 2.68 bits per heavy atom. The van der Waals surface area contributed by atoms with Gasteiger partial charge in [0.05, 0.1) is 11.9 Å². The van der Waals surface area contributed by atoms with Gasteiger partial charge in [-0.1, -0.05) is 41.4 Å². The SMILES string of the molecule is CCCCNC(=O)C(=O)N/N=C\c1ccccc1OCC(=O)Nc1ccc(Br)cc1F. The van der Waals surface area contributed by atoms with Gasteiger partial charge in [0.2, 0.25) is 0 Å². The summed E-state index contributed by atoms with van der Waals surface area (Å²) in [5.41, 5.74) is 2.63. The van der Waals surface area contributed by atoms with Gasteiger partial charge in [-0.3, -0.25) is 14.4 Å². The minimum absolute atomic E-state index is 0.0339. The summed E-state index contributed by atoms with van der Waals surface area (Å²) in [6, 6.07) is 10.9. The molecule has 8 nitrogen and oxygen atoms in total. The molecule has 2 rings (SSSR count). The van der Waals surface area contributed by atoms with Crippen molar-refractivity contribution >= 4 is 45.6 Å². The van der Waals surface area contributed by atoms with Gasteiger partial charge in [-0.15, -0.1) is 0 Å². The van der Waals surface area contributed by atoms with Gasteiger partial charge in [0.25, 0.3) is 5.91 Å². The van der Waals surface area contributed by atoms with Crippen molar-refractivity contribution in [3.8, 4) is 5.75 Å². The van der Waals surface area contributed by atoms with Crippen molar-refractivity contribution in [1.29, 1.82) is 0 Å². The Labute approximate surface area is 187 Å². The second-order valence-corrected chi connectivity index (χ2v) is 7.22. The largest absolute Gasteiger partial charge is 0.483 e. The van der Waals surface area contributed by atoms with E-state index in [0.29, 0.717) is 22.3 Å². The number of unbranched alkanes of at least 4 members (excludes halogenated alkanes) is 1. The number of hydrogen-bond donors (Lipinski definition) is 3. The highest BCUT2D eigenvalue weighted by atomic mass is 79.9. The molecule has 0 atom stereocenters. The second-order valence-electron chi connectivity index (χ2n) is 6.31. The molecule has 0 fully saturated rings. The Balaban J connectivity index is 1.89. The highest BCUT2D eigenvalue weighted by molar-refractivity contribution is 9.10. The van der Waals surface area contributed by atoms with Crippen molar-refractivity contribution in [3.05, 3.63) is 58.3 Å². The lowest BCUT2D eigenvalue weighted by molar-refractivity contribution is -0.139. The van der Waals surface area contributed by atoms with Crippen LogP contribution in [-0.2, 0) is 14.4 Å². The van der Waals surface area contributed by atoms with Gasteiger partial charge in [-0.05, 0) is 36.8 Å². The number of rotatable bonds is 9. The quantitative estimate of drug-likeness (QED) is 0.216. The van der Waals surface area contributed by atoms with Crippen LogP contribution in [0.25, 0.3) is 0 Å². The zero-order valence-electron chi connectivity index (χ0n) is 16.8. The third-order valence-electron chi connectivity index (χ3n) is 3.87. The van der Waals surface area contributed by atoms with Gasteiger partial charge >= 0.3 is 11.8 Å². The Hall–Kier alpha value is -3.27. The average Bonchev–Trinajstić information content (AvgIpc) is 2.75. The molecule has 0 aromatic heterocycles. The summed E-state index contributed by atoms with van der Waals surface area (Å²) in [5.74, 6) is -2.47. The molecule has 0 saturated heterocycles. The molecule has 2 aromatic carbocycles. The zero-order valence-corrected chi connectivity index (χ0v) is 18.4. The Morgan fingerprint density at radius 2 is 1.94 bits per heavy atom. The standard InChI is InChI=1S/C21H22BrFN4O4/c1-2-3-10-24-20(29)21(30)27-25-12-14-6-4-5-7-18(14)31-13-19(28)26-17-9-8-15(22)11-16(17)23/h4-9,11-12H,2-3,10,13H2,1H3,(H,24,29)(H,26,28)(H,27,30)/b25-12-. The summed E-state index contributed by atoms with van der Waals surface area (Å²) in [5, 5.41) is 8.65. The maximum Gasteiger partial charge on any atom is 0.329 e. The van der Waals surface area contributed by atoms with Crippen LogP contribution in [0.3, 0.4) is 0 Å². The molecule has 0 bridgehead atoms. The number of anilines is 1. The Bertz CT molecular complexity index is 968. The van der Waals surface area contributed by atoms with Crippen molar-refractivity contribution < 1.29 is 23.5 Å². The van der Waals surface area contributed by atoms with Gasteiger partial charge in [0.15, 0.2) is 6.61 Å². The minimum atomic E-state index is -0.887. The first-order valence-electron chi connectivity index (χ1n) is 9.48. The number of halogens is 2. The lowest BCUT2D eigenvalue weighted by atomic mass is 10.2. The Kier molecular flexibility index (Phi) is 9.63. The van der Waals surface area contributed by atoms with E-state index in [1.165, 1.54) is 18.3 Å². The molecule has 0 heterocycles. The smallest absolute Gasteiger partial charge is 0.329 e. The van der Waals surface area contributed by atoms with E-state index in [2.05, 4.69) is 37.1 Å². The van der Waals surface area contributed by atoms with E-state index >= 15 is 0 Å². The monoisotopic (exact) mass is 492 g/mol. The first kappa shape index (κ1) is 24.0. The molecule has 0 aliphatic carbocycles. The lowest BCUT2D eigenvalue weighted by Crippen LogP contribution is -2.38. The van der Waals surface area contributed by atoms with E-state index in [9.17, 15) is 18.8 Å². The maximum atomic E-state index is 13.8. The van der Waals surface area contributed by atoms with Crippen molar-refractivity contribution in [2.24, 2.45) is 5.10 Å². The number of amides is 3. The van der Waals surface area contributed by atoms with Crippen molar-refractivity contribution in [3.63, 3.8) is 0 Å². The summed E-state index contributed by atoms with van der Waals surface area (Å²) in [6.45, 7) is 2.01. The molecule has 0 radical (unpaired) electrons. The number of benzene rings is 2. The number of carbonyl (C=O) groups is 3. The van der Waals surface area contributed by atoms with Crippen LogP contribution >= 0.6 is 15.9 Å². The average molecular weight is 493 g/mol. The number of carbonyl (C=O) groups excluding carboxylic acids is 3. The number of ether oxygens (including phenoxy) is 1. The molecule has 2 aromatic rings. The van der Waals surface area contributed by atoms with Crippen LogP contribution in [0, 0.1) is 5.82 Å². The highest BCUT2D eigenvalue weighted by Crippen LogP contribution is 2.20. The maximum absolute atomic E-state index is 13.8. The van der Waals surface area contributed by atoms with Crippen molar-refractivity contribution in [1.82, 2.24) is 10.7 Å². The normalized spacial score (nSPS) is 10.5. The third kappa shape index (κ3) is 8.17. The topological polar surface area (TPSA) is 109 Å². The first-order valence-corrected chi connectivity index (χ1v) is 10.3. The number of hydrogen-bond acceptors (Lipinski definition) is 5. The number of nitrogens with one attached hydrogen (secondary N) is 3. The second kappa shape index (κ2) is 12.4. The molecule has 10 heteroatoms. The zero-order chi connectivity index (χ0) is 22.6. The molecule has 31 heavy (non-hydrogen) atoms. The number of nitrogens with zero attached hydrogens (tertiary/aromatic N) is 1. The lowest BCUT2D eigenvalue weighted by Gasteiger charge is -2.10. The number of hydrazone groups is 1. The molecule has 164 valence electrons. The fourth-order valence-corrected chi connectivity index (χ4v) is 2.64. The van der Waals surface area contributed by atoms with Gasteiger partial charge < -0.3 is 15.4 Å². The predicted molar refractivity (Wildman–Crippen MR) is 118 cm³/mol. The van der Waals surface area contributed by atoms with Crippen LogP contribution in [0.4, 0.5) is 10.1 Å². The van der Waals surface area contributed by atoms with Crippen LogP contribution in [0.1, 0.15) is 25.3 Å². The summed E-state index contributed by atoms with van der Waals surface area (Å²) >= 11 is 3.14. The van der Waals surface area contributed by atoms with Gasteiger partial charge in [-0.25, -0.2) is 9.82 Å². The molecule has 0 aliphatic rings. The van der Waals surface area contributed by atoms with E-state index < -0.39 is 23.5 Å². The third-order valence-corrected chi connectivity index (χ3v) is 4.37. The molecular weight excluding hydrogens is 471 g/mol. The summed E-state index contributed by atoms with van der Waals surface area (Å²) < 4.78 is 19.9. The molecular formula is C21H22BrFN4O4. The van der Waals surface area contributed by atoms with E-state index in [4.69, 9.17) is 4.74 Å². The van der Waals surface area contributed by atoms with E-state index in [0.717, 1.165) is 12.8 Å². The molecule has 3 N–H and O–H groups in total. The summed E-state index contributed by atoms with van der Waals surface area (Å²) in [6.07, 6.45) is 2.96. The van der Waals surface area contributed by atoms with E-state index in [1.807, 2.05) is 6.92 Å². The molecule has 0 aliphatic heterocycles. The van der Waals surface area contributed by atoms with Crippen molar-refractivity contribution in [2.75, 3.05) is 18.5 Å².